The number of ether oxygens (including phenoxy) is 1. The molecule has 1 aromatic heterocycles. The fraction of sp³-hybridized carbons (Fsp3) is 0.500. The zero-order valence-electron chi connectivity index (χ0n) is 27.8. The smallest absolute Gasteiger partial charge is 0.387 e. The molecule has 2 aromatic rings. The van der Waals surface area contributed by atoms with Crippen molar-refractivity contribution in [2.45, 2.75) is 113 Å². The second kappa shape index (κ2) is 21.9. The van der Waals surface area contributed by atoms with Crippen molar-refractivity contribution in [2.24, 2.45) is 16.0 Å². The van der Waals surface area contributed by atoms with Gasteiger partial charge in [0.15, 0.2) is 5.78 Å². The summed E-state index contributed by atoms with van der Waals surface area (Å²) in [6.07, 6.45) is 15.4. The van der Waals surface area contributed by atoms with E-state index in [1.807, 2.05) is 39.0 Å². The first-order chi connectivity index (χ1) is 21.2. The molecule has 8 heteroatoms. The normalized spacial score (nSPS) is 13.6. The molecule has 44 heavy (non-hydrogen) atoms. The van der Waals surface area contributed by atoms with Crippen molar-refractivity contribution in [3.05, 3.63) is 78.4 Å². The lowest BCUT2D eigenvalue weighted by Crippen LogP contribution is -2.27. The second-order valence-electron chi connectivity index (χ2n) is 10.6. The van der Waals surface area contributed by atoms with Gasteiger partial charge in [0, 0.05) is 29.4 Å². The number of pyridine rings is 1. The first-order valence-corrected chi connectivity index (χ1v) is 16.0. The van der Waals surface area contributed by atoms with Crippen LogP contribution in [0.5, 0.6) is 5.75 Å². The number of carbonyl (C=O) groups is 1. The lowest BCUT2D eigenvalue weighted by atomic mass is 9.97. The Kier molecular flexibility index (Phi) is 19.1. The topological polar surface area (TPSA) is 67.2 Å². The molecule has 1 aliphatic rings. The summed E-state index contributed by atoms with van der Waals surface area (Å²) in [5.41, 5.74) is 3.25. The molecule has 0 bridgehead atoms. The van der Waals surface area contributed by atoms with Gasteiger partial charge in [0.2, 0.25) is 0 Å². The van der Waals surface area contributed by atoms with E-state index in [0.717, 1.165) is 18.4 Å². The van der Waals surface area contributed by atoms with Gasteiger partial charge < -0.3 is 4.74 Å². The predicted octanol–water partition coefficient (Wildman–Crippen LogP) is 10.5. The highest BCUT2D eigenvalue weighted by Gasteiger charge is 2.25. The Balaban J connectivity index is 0.000000837. The zero-order valence-corrected chi connectivity index (χ0v) is 27.8. The minimum Gasteiger partial charge on any atom is -0.435 e. The molecule has 0 N–H and O–H groups in total. The molecule has 0 spiro atoms. The van der Waals surface area contributed by atoms with E-state index in [2.05, 4.69) is 49.0 Å². The summed E-state index contributed by atoms with van der Waals surface area (Å²) in [5, 5.41) is 6.29. The Morgan fingerprint density at radius 2 is 1.48 bits per heavy atom. The zero-order chi connectivity index (χ0) is 32.9. The molecule has 0 amide bonds. The van der Waals surface area contributed by atoms with Gasteiger partial charge in [-0.25, -0.2) is 10.0 Å². The number of nitrogens with zero attached hydrogens (tertiary/aromatic N) is 4. The van der Waals surface area contributed by atoms with E-state index in [1.54, 1.807) is 29.5 Å². The minimum atomic E-state index is -2.89. The number of rotatable bonds is 14. The maximum Gasteiger partial charge on any atom is 0.387 e. The first-order valence-electron chi connectivity index (χ1n) is 16.0. The van der Waals surface area contributed by atoms with Crippen molar-refractivity contribution in [2.75, 3.05) is 0 Å². The highest BCUT2D eigenvalue weighted by molar-refractivity contribution is 6.40. The highest BCUT2D eigenvalue weighted by atomic mass is 19.3. The second-order valence-corrected chi connectivity index (χ2v) is 10.6. The van der Waals surface area contributed by atoms with Gasteiger partial charge in [-0.3, -0.25) is 9.78 Å². The van der Waals surface area contributed by atoms with E-state index in [9.17, 15) is 13.6 Å². The van der Waals surface area contributed by atoms with Crippen LogP contribution in [0.25, 0.3) is 5.70 Å². The summed E-state index contributed by atoms with van der Waals surface area (Å²) in [6.45, 7) is 15.9. The highest BCUT2D eigenvalue weighted by Crippen LogP contribution is 2.30. The van der Waals surface area contributed by atoms with Crippen LogP contribution in [0.3, 0.4) is 0 Å². The average Bonchev–Trinajstić information content (AvgIpc) is 3.04. The van der Waals surface area contributed by atoms with E-state index >= 15 is 0 Å². The molecule has 0 radical (unpaired) electrons. The van der Waals surface area contributed by atoms with Gasteiger partial charge in [0.25, 0.3) is 0 Å². The van der Waals surface area contributed by atoms with Crippen LogP contribution >= 0.6 is 0 Å². The van der Waals surface area contributed by atoms with Crippen LogP contribution in [-0.4, -0.2) is 33.8 Å². The van der Waals surface area contributed by atoms with E-state index in [0.29, 0.717) is 34.9 Å². The molecule has 1 atom stereocenters. The van der Waals surface area contributed by atoms with Crippen molar-refractivity contribution in [1.82, 2.24) is 9.99 Å². The van der Waals surface area contributed by atoms with Crippen LogP contribution in [0.15, 0.2) is 77.4 Å². The van der Waals surface area contributed by atoms with Crippen molar-refractivity contribution in [1.29, 1.82) is 0 Å². The quantitative estimate of drug-likeness (QED) is 0.158. The number of benzene rings is 1. The largest absolute Gasteiger partial charge is 0.435 e. The number of alkyl halides is 2. The maximum atomic E-state index is 13.0. The molecule has 0 saturated carbocycles. The van der Waals surface area contributed by atoms with E-state index < -0.39 is 6.61 Å². The Hall–Kier alpha value is -3.68. The van der Waals surface area contributed by atoms with Gasteiger partial charge in [-0.15, -0.1) is 0 Å². The summed E-state index contributed by atoms with van der Waals surface area (Å²) in [6, 6.07) is 9.89. The molecule has 242 valence electrons. The van der Waals surface area contributed by atoms with Crippen LogP contribution in [0, 0.1) is 5.92 Å². The number of aromatic nitrogens is 1. The number of hydrogen-bond donors (Lipinski definition) is 0. The van der Waals surface area contributed by atoms with E-state index in [-0.39, 0.29) is 17.5 Å². The number of hydrogen-bond acceptors (Lipinski definition) is 6. The summed E-state index contributed by atoms with van der Waals surface area (Å²) in [4.78, 5) is 21.6. The van der Waals surface area contributed by atoms with Gasteiger partial charge in [-0.1, -0.05) is 100.0 Å². The van der Waals surface area contributed by atoms with Gasteiger partial charge in [-0.2, -0.15) is 13.9 Å². The number of unbranched alkanes of at least 4 members (excludes halogenated alkanes) is 4. The number of ketones is 1. The van der Waals surface area contributed by atoms with Crippen LogP contribution in [-0.2, 0) is 4.79 Å². The molecule has 1 aliphatic heterocycles. The van der Waals surface area contributed by atoms with Crippen molar-refractivity contribution >= 4 is 22.9 Å². The van der Waals surface area contributed by atoms with Crippen LogP contribution in [0.4, 0.5) is 8.78 Å². The third-order valence-corrected chi connectivity index (χ3v) is 6.86. The lowest BCUT2D eigenvalue weighted by Gasteiger charge is -2.27. The Morgan fingerprint density at radius 1 is 0.886 bits per heavy atom. The Labute approximate surface area is 264 Å². The molecular weight excluding hydrogens is 558 g/mol. The fourth-order valence-electron chi connectivity index (χ4n) is 3.89. The standard InChI is InChI=1S/C26H28F2N4O2.C6H14.C4H10/c1-5-7-22(25(33)17(3)6-2)31-32-18(4)30-23(16-24(32)20-12-14-29-15-13-20)19-8-10-21(11-9-19)34-26(27)28;1-3-5-6-4-2;1-3-4-2/h8-17,26H,4-7H2,1-3H3;3-6H2,1-2H3;3-4H2,1-2H3/b31-22+;;. The Bertz CT molecular complexity index is 1200. The monoisotopic (exact) mass is 610 g/mol. The summed E-state index contributed by atoms with van der Waals surface area (Å²) in [5.74, 6) is 0.273. The third-order valence-electron chi connectivity index (χ3n) is 6.86. The number of Topliss-reactive ketones (excluding diaryl/α,β-unsaturated/α-hetero) is 1. The van der Waals surface area contributed by atoms with Crippen molar-refractivity contribution in [3.8, 4) is 5.75 Å². The summed E-state index contributed by atoms with van der Waals surface area (Å²) < 4.78 is 29.4. The van der Waals surface area contributed by atoms with Crippen LogP contribution in [0.1, 0.15) is 117 Å². The molecular formula is C36H52F2N4O2. The molecule has 3 rings (SSSR count). The fourth-order valence-corrected chi connectivity index (χ4v) is 3.89. The molecule has 2 heterocycles. The molecule has 1 unspecified atom stereocenters. The SMILES string of the molecule is C=C1N=C(c2ccc(OC(F)F)cc2)C=C(c2ccncc2)N1/N=C(\CCC)C(=O)C(C)CC.CCCC.CCCCCC. The number of hydrazone groups is 1. The molecule has 0 aliphatic carbocycles. The van der Waals surface area contributed by atoms with E-state index in [1.165, 1.54) is 50.7 Å². The van der Waals surface area contributed by atoms with Crippen molar-refractivity contribution in [3.63, 3.8) is 0 Å². The summed E-state index contributed by atoms with van der Waals surface area (Å²) >= 11 is 0. The van der Waals surface area contributed by atoms with Crippen molar-refractivity contribution < 1.29 is 18.3 Å². The number of allylic oxidation sites excluding steroid dienone is 1. The first kappa shape index (κ1) is 38.3. The molecule has 1 aromatic carbocycles. The third kappa shape index (κ3) is 13.3. The number of aliphatic imine (C=N–C) groups is 1. The number of halogens is 2. The average molecular weight is 611 g/mol. The van der Waals surface area contributed by atoms with Gasteiger partial charge in [-0.05, 0) is 55.3 Å². The van der Waals surface area contributed by atoms with Gasteiger partial charge >= 0.3 is 6.61 Å². The Morgan fingerprint density at radius 3 is 1.95 bits per heavy atom. The molecule has 0 saturated heterocycles. The maximum absolute atomic E-state index is 13.0. The van der Waals surface area contributed by atoms with E-state index in [4.69, 9.17) is 5.10 Å². The van der Waals surface area contributed by atoms with Gasteiger partial charge in [0.05, 0.1) is 11.4 Å². The number of carbonyl (C=O) groups excluding carboxylic acids is 1. The minimum absolute atomic E-state index is 0.00984. The van der Waals surface area contributed by atoms with Gasteiger partial charge in [0.1, 0.15) is 17.3 Å². The predicted molar refractivity (Wildman–Crippen MR) is 180 cm³/mol. The lowest BCUT2D eigenvalue weighted by molar-refractivity contribution is -0.116. The molecule has 6 nitrogen and oxygen atoms in total. The van der Waals surface area contributed by atoms with Crippen LogP contribution < -0.4 is 4.74 Å². The molecule has 0 fully saturated rings. The van der Waals surface area contributed by atoms with Crippen LogP contribution in [0.2, 0.25) is 0 Å². The summed E-state index contributed by atoms with van der Waals surface area (Å²) in [7, 11) is 0.